The van der Waals surface area contributed by atoms with E-state index in [1.807, 2.05) is 6.07 Å². The van der Waals surface area contributed by atoms with Gasteiger partial charge in [0.2, 0.25) is 0 Å². The number of fused-ring (bicyclic) bond motifs is 1. The van der Waals surface area contributed by atoms with Gasteiger partial charge in [0.15, 0.2) is 5.82 Å². The van der Waals surface area contributed by atoms with E-state index in [4.69, 9.17) is 24.7 Å². The summed E-state index contributed by atoms with van der Waals surface area (Å²) in [5.74, 6) is 0.987. The number of nitrogens with zero attached hydrogens (tertiary/aromatic N) is 5. The van der Waals surface area contributed by atoms with Crippen LogP contribution in [0.15, 0.2) is 12.3 Å². The minimum atomic E-state index is 0.690. The summed E-state index contributed by atoms with van der Waals surface area (Å²) >= 11 is 0. The maximum absolute atomic E-state index is 6.07. The van der Waals surface area contributed by atoms with Crippen LogP contribution in [0.1, 0.15) is 0 Å². The van der Waals surface area contributed by atoms with Gasteiger partial charge >= 0.3 is 0 Å². The number of aromatic nitrogens is 1. The number of hydrogen-bond donors (Lipinski definition) is 1. The van der Waals surface area contributed by atoms with Crippen LogP contribution in [0, 0.1) is 0 Å². The third kappa shape index (κ3) is 7.66. The van der Waals surface area contributed by atoms with Gasteiger partial charge in [-0.3, -0.25) is 9.80 Å². The lowest BCUT2D eigenvalue weighted by atomic mass is 10.2. The maximum Gasteiger partial charge on any atom is 0.152 e. The molecule has 10 heteroatoms. The van der Waals surface area contributed by atoms with E-state index in [9.17, 15) is 0 Å². The van der Waals surface area contributed by atoms with Crippen LogP contribution in [0.2, 0.25) is 0 Å². The predicted molar refractivity (Wildman–Crippen MR) is 129 cm³/mol. The van der Waals surface area contributed by atoms with Gasteiger partial charge in [-0.25, -0.2) is 4.98 Å². The van der Waals surface area contributed by atoms with Crippen LogP contribution in [0.3, 0.4) is 0 Å². The number of rotatable bonds is 12. The SMILES string of the molecule is Nc1cnc2c(c1)N(CCOCCN1CCOCC1)CCN2CCOCCN1CCOCC1. The minimum absolute atomic E-state index is 0.690. The molecule has 1 aromatic heterocycles. The molecule has 2 fully saturated rings. The summed E-state index contributed by atoms with van der Waals surface area (Å²) in [5, 5.41) is 0. The van der Waals surface area contributed by atoms with E-state index in [1.54, 1.807) is 6.20 Å². The molecule has 4 heterocycles. The normalized spacial score (nSPS) is 20.2. The zero-order valence-corrected chi connectivity index (χ0v) is 19.8. The number of morpholine rings is 2. The molecule has 186 valence electrons. The summed E-state index contributed by atoms with van der Waals surface area (Å²) in [6.07, 6.45) is 1.74. The maximum atomic E-state index is 6.07. The summed E-state index contributed by atoms with van der Waals surface area (Å²) in [4.78, 5) is 14.1. The van der Waals surface area contributed by atoms with Crippen molar-refractivity contribution in [2.45, 2.75) is 0 Å². The van der Waals surface area contributed by atoms with Crippen LogP contribution in [-0.4, -0.2) is 133 Å². The van der Waals surface area contributed by atoms with Crippen molar-refractivity contribution in [1.29, 1.82) is 0 Å². The quantitative estimate of drug-likeness (QED) is 0.426. The average Bonchev–Trinajstić information content (AvgIpc) is 2.85. The van der Waals surface area contributed by atoms with Gasteiger partial charge in [0.05, 0.1) is 70.4 Å². The van der Waals surface area contributed by atoms with Crippen LogP contribution in [0.5, 0.6) is 0 Å². The summed E-state index contributed by atoms with van der Waals surface area (Å²) in [7, 11) is 0. The first kappa shape index (κ1) is 24.4. The summed E-state index contributed by atoms with van der Waals surface area (Å²) < 4.78 is 22.6. The Bertz CT molecular complexity index is 700. The molecular formula is C23H40N6O4. The van der Waals surface area contributed by atoms with Gasteiger partial charge in [-0.15, -0.1) is 0 Å². The first-order chi connectivity index (χ1) is 16.3. The van der Waals surface area contributed by atoms with Crippen LogP contribution < -0.4 is 15.5 Å². The first-order valence-corrected chi connectivity index (χ1v) is 12.3. The third-order valence-corrected chi connectivity index (χ3v) is 6.47. The van der Waals surface area contributed by atoms with Crippen LogP contribution in [0.4, 0.5) is 17.2 Å². The Morgan fingerprint density at radius 2 is 1.24 bits per heavy atom. The average molecular weight is 465 g/mol. The minimum Gasteiger partial charge on any atom is -0.397 e. The molecule has 10 nitrogen and oxygen atoms in total. The molecule has 2 N–H and O–H groups in total. The van der Waals surface area contributed by atoms with Crippen LogP contribution in [0.25, 0.3) is 0 Å². The van der Waals surface area contributed by atoms with Gasteiger partial charge in [0.1, 0.15) is 0 Å². The molecule has 3 aliphatic rings. The number of hydrogen-bond acceptors (Lipinski definition) is 10. The van der Waals surface area contributed by atoms with Crippen molar-refractivity contribution in [2.24, 2.45) is 0 Å². The zero-order chi connectivity index (χ0) is 22.7. The molecule has 3 aliphatic heterocycles. The number of pyridine rings is 1. The Morgan fingerprint density at radius 3 is 1.85 bits per heavy atom. The monoisotopic (exact) mass is 464 g/mol. The molecule has 0 spiro atoms. The second-order valence-corrected chi connectivity index (χ2v) is 8.72. The largest absolute Gasteiger partial charge is 0.397 e. The predicted octanol–water partition coefficient (Wildman–Crippen LogP) is -0.0122. The van der Waals surface area contributed by atoms with Gasteiger partial charge in [-0.1, -0.05) is 0 Å². The highest BCUT2D eigenvalue weighted by Gasteiger charge is 2.24. The zero-order valence-electron chi connectivity index (χ0n) is 19.8. The van der Waals surface area contributed by atoms with Gasteiger partial charge in [-0.05, 0) is 6.07 Å². The highest BCUT2D eigenvalue weighted by atomic mass is 16.5. The highest BCUT2D eigenvalue weighted by molar-refractivity contribution is 5.72. The molecule has 0 unspecified atom stereocenters. The van der Waals surface area contributed by atoms with Crippen LogP contribution in [-0.2, 0) is 18.9 Å². The Kier molecular flexibility index (Phi) is 9.82. The molecule has 0 atom stereocenters. The number of nitrogens with two attached hydrogens (primary N) is 1. The lowest BCUT2D eigenvalue weighted by molar-refractivity contribution is 0.0209. The number of nitrogen functional groups attached to an aromatic ring is 1. The van der Waals surface area contributed by atoms with Crippen molar-refractivity contribution in [3.05, 3.63) is 12.3 Å². The standard InChI is InChI=1S/C23H40N6O4/c24-21-19-22-23(25-20-21)29(10-18-33-16-8-27-5-13-31-14-6-27)2-1-28(22)9-17-32-15-7-26-3-11-30-12-4-26/h19-20H,1-18,24H2. The fourth-order valence-electron chi connectivity index (χ4n) is 4.45. The van der Waals surface area contributed by atoms with E-state index in [2.05, 4.69) is 24.6 Å². The summed E-state index contributed by atoms with van der Waals surface area (Å²) in [6, 6.07) is 2.03. The highest BCUT2D eigenvalue weighted by Crippen LogP contribution is 2.32. The van der Waals surface area contributed by atoms with Gasteiger partial charge in [0.25, 0.3) is 0 Å². The lowest BCUT2D eigenvalue weighted by Crippen LogP contribution is -2.44. The molecule has 0 aromatic carbocycles. The lowest BCUT2D eigenvalue weighted by Gasteiger charge is -2.38. The molecule has 0 saturated carbocycles. The number of anilines is 3. The second-order valence-electron chi connectivity index (χ2n) is 8.72. The summed E-state index contributed by atoms with van der Waals surface area (Å²) in [6.45, 7) is 15.7. The molecule has 33 heavy (non-hydrogen) atoms. The van der Waals surface area contributed by atoms with Crippen molar-refractivity contribution >= 4 is 17.2 Å². The molecule has 2 saturated heterocycles. The van der Waals surface area contributed by atoms with Gasteiger partial charge < -0.3 is 34.5 Å². The van der Waals surface area contributed by atoms with E-state index in [0.29, 0.717) is 18.9 Å². The molecule has 0 radical (unpaired) electrons. The van der Waals surface area contributed by atoms with E-state index < -0.39 is 0 Å². The topological polar surface area (TPSA) is 88.8 Å². The van der Waals surface area contributed by atoms with Crippen molar-refractivity contribution in [3.8, 4) is 0 Å². The van der Waals surface area contributed by atoms with Crippen molar-refractivity contribution < 1.29 is 18.9 Å². The number of ether oxygens (including phenoxy) is 4. The molecule has 0 bridgehead atoms. The van der Waals surface area contributed by atoms with E-state index >= 15 is 0 Å². The van der Waals surface area contributed by atoms with Crippen molar-refractivity contribution in [2.75, 3.05) is 134 Å². The second kappa shape index (κ2) is 13.3. The fraction of sp³-hybridized carbons (Fsp3) is 0.783. The van der Waals surface area contributed by atoms with E-state index in [0.717, 1.165) is 117 Å². The smallest absolute Gasteiger partial charge is 0.152 e. The van der Waals surface area contributed by atoms with Crippen molar-refractivity contribution in [3.63, 3.8) is 0 Å². The van der Waals surface area contributed by atoms with Crippen LogP contribution >= 0.6 is 0 Å². The molecule has 4 rings (SSSR count). The first-order valence-electron chi connectivity index (χ1n) is 12.3. The molecule has 0 aliphatic carbocycles. The molecule has 1 aromatic rings. The summed E-state index contributed by atoms with van der Waals surface area (Å²) in [5.41, 5.74) is 7.85. The molecular weight excluding hydrogens is 424 g/mol. The Hall–Kier alpha value is -1.69. The fourth-order valence-corrected chi connectivity index (χ4v) is 4.45. The van der Waals surface area contributed by atoms with E-state index in [-0.39, 0.29) is 0 Å². The third-order valence-electron chi connectivity index (χ3n) is 6.47. The Labute approximate surface area is 197 Å². The molecule has 0 amide bonds. The van der Waals surface area contributed by atoms with Gasteiger partial charge in [-0.2, -0.15) is 0 Å². The van der Waals surface area contributed by atoms with E-state index in [1.165, 1.54) is 0 Å². The Balaban J connectivity index is 1.18. The Morgan fingerprint density at radius 1 is 0.727 bits per heavy atom. The van der Waals surface area contributed by atoms with Crippen molar-refractivity contribution in [1.82, 2.24) is 14.8 Å². The van der Waals surface area contributed by atoms with Gasteiger partial charge in [0, 0.05) is 65.4 Å².